The molecule has 90 valence electrons. The Morgan fingerprint density at radius 1 is 1.16 bits per heavy atom. The van der Waals surface area contributed by atoms with Gasteiger partial charge in [0.15, 0.2) is 6.54 Å². The molecule has 0 amide bonds. The summed E-state index contributed by atoms with van der Waals surface area (Å²) in [6, 6.07) is 8.08. The van der Waals surface area contributed by atoms with Crippen molar-refractivity contribution in [1.82, 2.24) is 9.97 Å². The normalized spacial score (nSPS) is 13.1. The zero-order chi connectivity index (χ0) is 12.4. The van der Waals surface area contributed by atoms with Crippen molar-refractivity contribution in [2.75, 3.05) is 0 Å². The fourth-order valence-electron chi connectivity index (χ4n) is 2.73. The van der Waals surface area contributed by atoms with Crippen molar-refractivity contribution in [2.24, 2.45) is 0 Å². The van der Waals surface area contributed by atoms with Crippen LogP contribution >= 0.6 is 11.3 Å². The lowest BCUT2D eigenvalue weighted by atomic mass is 10.2. The molecular formula is C14H8N3OS+. The Labute approximate surface area is 112 Å². The predicted octanol–water partition coefficient (Wildman–Crippen LogP) is 2.75. The summed E-state index contributed by atoms with van der Waals surface area (Å²) >= 11 is 1.60. The minimum atomic E-state index is 0.777. The topological polar surface area (TPSA) is 42.8 Å². The van der Waals surface area contributed by atoms with Gasteiger partial charge in [-0.25, -0.2) is 4.98 Å². The van der Waals surface area contributed by atoms with Crippen LogP contribution < -0.4 is 4.57 Å². The van der Waals surface area contributed by atoms with Crippen LogP contribution in [0.4, 0.5) is 0 Å². The fourth-order valence-corrected chi connectivity index (χ4v) is 3.73. The van der Waals surface area contributed by atoms with E-state index in [0.717, 1.165) is 44.3 Å². The number of fused-ring (bicyclic) bond motifs is 7. The molecule has 4 nitrogen and oxygen atoms in total. The van der Waals surface area contributed by atoms with Crippen LogP contribution in [-0.2, 0) is 6.54 Å². The molecule has 0 saturated heterocycles. The number of hydrogen-bond donors (Lipinski definition) is 0. The van der Waals surface area contributed by atoms with E-state index in [2.05, 4.69) is 26.7 Å². The number of hydrogen-bond acceptors (Lipinski definition) is 4. The van der Waals surface area contributed by atoms with Gasteiger partial charge in [-0.15, -0.1) is 4.57 Å². The van der Waals surface area contributed by atoms with E-state index in [1.54, 1.807) is 11.3 Å². The first kappa shape index (κ1) is 9.63. The summed E-state index contributed by atoms with van der Waals surface area (Å²) in [7, 11) is 0. The molecule has 5 heteroatoms. The molecule has 0 saturated carbocycles. The second kappa shape index (κ2) is 3.19. The molecule has 0 aromatic carbocycles. The number of nitrogens with zero attached hydrogens (tertiary/aromatic N) is 3. The van der Waals surface area contributed by atoms with Crippen LogP contribution in [0.5, 0.6) is 0 Å². The van der Waals surface area contributed by atoms with E-state index in [-0.39, 0.29) is 0 Å². The summed E-state index contributed by atoms with van der Waals surface area (Å²) in [5.74, 6) is 0.912. The fraction of sp³-hybridized carbons (Fsp3) is 0.0714. The monoisotopic (exact) mass is 266 g/mol. The summed E-state index contributed by atoms with van der Waals surface area (Å²) in [4.78, 5) is 10.8. The quantitative estimate of drug-likeness (QED) is 0.405. The SMILES string of the molecule is c1cnc2c(c1)-c1oc3sc4ncccc4c3[n+]1C2. The maximum atomic E-state index is 6.02. The summed E-state index contributed by atoms with van der Waals surface area (Å²) in [6.45, 7) is 0.777. The summed E-state index contributed by atoms with van der Waals surface area (Å²) in [5.41, 5.74) is 3.32. The minimum absolute atomic E-state index is 0.777. The number of aromatic nitrogens is 3. The smallest absolute Gasteiger partial charge is 0.384 e. The minimum Gasteiger partial charge on any atom is -0.386 e. The van der Waals surface area contributed by atoms with E-state index in [9.17, 15) is 0 Å². The molecule has 0 fully saturated rings. The van der Waals surface area contributed by atoms with Crippen LogP contribution in [0, 0.1) is 0 Å². The summed E-state index contributed by atoms with van der Waals surface area (Å²) < 4.78 is 8.23. The van der Waals surface area contributed by atoms with E-state index < -0.39 is 0 Å². The third kappa shape index (κ3) is 1.11. The highest BCUT2D eigenvalue weighted by Gasteiger charge is 2.36. The Balaban J connectivity index is 1.94. The van der Waals surface area contributed by atoms with Crippen LogP contribution in [0.3, 0.4) is 0 Å². The van der Waals surface area contributed by atoms with Crippen molar-refractivity contribution in [2.45, 2.75) is 6.54 Å². The van der Waals surface area contributed by atoms with Gasteiger partial charge in [0.2, 0.25) is 0 Å². The Bertz CT molecular complexity index is 954. The molecule has 4 aromatic heterocycles. The molecular weight excluding hydrogens is 258 g/mol. The van der Waals surface area contributed by atoms with Crippen LogP contribution in [0.1, 0.15) is 5.69 Å². The first-order valence-electron chi connectivity index (χ1n) is 6.06. The second-order valence-corrected chi connectivity index (χ2v) is 5.55. The maximum Gasteiger partial charge on any atom is 0.384 e. The zero-order valence-electron chi connectivity index (χ0n) is 9.83. The molecule has 5 rings (SSSR count). The van der Waals surface area contributed by atoms with Gasteiger partial charge in [-0.3, -0.25) is 4.98 Å². The maximum absolute atomic E-state index is 6.02. The van der Waals surface area contributed by atoms with E-state index in [0.29, 0.717) is 0 Å². The van der Waals surface area contributed by atoms with Gasteiger partial charge in [0.1, 0.15) is 16.1 Å². The molecule has 0 aliphatic carbocycles. The molecule has 0 bridgehead atoms. The Morgan fingerprint density at radius 3 is 3.05 bits per heavy atom. The van der Waals surface area contributed by atoms with Gasteiger partial charge in [-0.1, -0.05) is 11.3 Å². The molecule has 0 radical (unpaired) electrons. The molecule has 5 heterocycles. The van der Waals surface area contributed by atoms with Crippen molar-refractivity contribution >= 4 is 32.0 Å². The zero-order valence-corrected chi connectivity index (χ0v) is 10.6. The van der Waals surface area contributed by atoms with Gasteiger partial charge >= 0.3 is 5.89 Å². The Hall–Kier alpha value is -2.27. The number of oxazole rings is 1. The first-order chi connectivity index (χ1) is 9.42. The van der Waals surface area contributed by atoms with Crippen molar-refractivity contribution < 1.29 is 8.98 Å². The van der Waals surface area contributed by atoms with E-state index in [1.165, 1.54) is 0 Å². The van der Waals surface area contributed by atoms with Crippen molar-refractivity contribution in [3.8, 4) is 11.5 Å². The third-order valence-corrected chi connectivity index (χ3v) is 4.52. The lowest BCUT2D eigenvalue weighted by molar-refractivity contribution is -0.649. The van der Waals surface area contributed by atoms with E-state index in [1.807, 2.05) is 24.5 Å². The van der Waals surface area contributed by atoms with Crippen molar-refractivity contribution in [3.63, 3.8) is 0 Å². The van der Waals surface area contributed by atoms with E-state index in [4.69, 9.17) is 4.42 Å². The second-order valence-electron chi connectivity index (χ2n) is 4.59. The van der Waals surface area contributed by atoms with E-state index >= 15 is 0 Å². The standard InChI is InChI=1S/C14H8N3OS/c1-3-8-10(15-5-1)7-17-11-9-4-2-6-16-12(9)19-14(11)18-13(8)17/h1-6H,7H2/q+1. The highest BCUT2D eigenvalue weighted by atomic mass is 32.1. The summed E-state index contributed by atoms with van der Waals surface area (Å²) in [6.07, 6.45) is 3.65. The van der Waals surface area contributed by atoms with Crippen molar-refractivity contribution in [1.29, 1.82) is 0 Å². The molecule has 0 atom stereocenters. The van der Waals surface area contributed by atoms with Gasteiger partial charge in [0, 0.05) is 12.4 Å². The molecule has 19 heavy (non-hydrogen) atoms. The summed E-state index contributed by atoms with van der Waals surface area (Å²) in [5, 5.41) is 1.16. The largest absolute Gasteiger partial charge is 0.386 e. The van der Waals surface area contributed by atoms with Gasteiger partial charge in [-0.05, 0) is 24.3 Å². The number of rotatable bonds is 0. The van der Waals surface area contributed by atoms with Crippen LogP contribution in [-0.4, -0.2) is 9.97 Å². The average Bonchev–Trinajstić information content (AvgIpc) is 3.05. The Kier molecular flexibility index (Phi) is 1.62. The van der Waals surface area contributed by atoms with Crippen LogP contribution in [0.15, 0.2) is 41.1 Å². The molecule has 1 aliphatic rings. The average molecular weight is 266 g/mol. The van der Waals surface area contributed by atoms with Crippen LogP contribution in [0.2, 0.25) is 0 Å². The van der Waals surface area contributed by atoms with Gasteiger partial charge < -0.3 is 4.42 Å². The molecule has 0 unspecified atom stereocenters. The number of pyridine rings is 2. The lowest BCUT2D eigenvalue weighted by Crippen LogP contribution is -2.30. The molecule has 1 aliphatic heterocycles. The van der Waals surface area contributed by atoms with Gasteiger partial charge in [-0.2, -0.15) is 0 Å². The molecule has 4 aromatic rings. The highest BCUT2D eigenvalue weighted by molar-refractivity contribution is 7.24. The Morgan fingerprint density at radius 2 is 2.05 bits per heavy atom. The van der Waals surface area contributed by atoms with Crippen LogP contribution in [0.25, 0.3) is 32.1 Å². The number of thiophene rings is 1. The predicted molar refractivity (Wildman–Crippen MR) is 71.9 cm³/mol. The first-order valence-corrected chi connectivity index (χ1v) is 6.87. The molecule has 0 N–H and O–H groups in total. The molecule has 0 spiro atoms. The van der Waals surface area contributed by atoms with Gasteiger partial charge in [0.25, 0.3) is 10.4 Å². The van der Waals surface area contributed by atoms with Crippen molar-refractivity contribution in [3.05, 3.63) is 42.4 Å². The van der Waals surface area contributed by atoms with Gasteiger partial charge in [0.05, 0.1) is 5.39 Å². The lowest BCUT2D eigenvalue weighted by Gasteiger charge is -1.88. The highest BCUT2D eigenvalue weighted by Crippen LogP contribution is 2.37. The third-order valence-electron chi connectivity index (χ3n) is 3.54.